The summed E-state index contributed by atoms with van der Waals surface area (Å²) in [5, 5.41) is 0. The quantitative estimate of drug-likeness (QED) is 0.575. The second-order valence-electron chi connectivity index (χ2n) is 0. The van der Waals surface area contributed by atoms with Gasteiger partial charge in [-0.3, -0.25) is 0 Å². The first-order chi connectivity index (χ1) is 2.00. The van der Waals surface area contributed by atoms with Gasteiger partial charge in [0, 0.05) is 0 Å². The summed E-state index contributed by atoms with van der Waals surface area (Å²) in [5.41, 5.74) is 0. The van der Waals surface area contributed by atoms with Gasteiger partial charge in [0.15, 0.2) is 0 Å². The second kappa shape index (κ2) is 51.7. The standard InChI is InChI=1S/C2H5.Hg.O/c1-2;;/h1H2,2H3;;. The second-order valence-corrected chi connectivity index (χ2v) is 0. The van der Waals surface area contributed by atoms with Crippen molar-refractivity contribution in [2.24, 2.45) is 0 Å². The molecule has 21 valence electrons. The maximum atomic E-state index is 8.44. The predicted octanol–water partition coefficient (Wildman–Crippen LogP) is 0.719. The summed E-state index contributed by atoms with van der Waals surface area (Å²) in [6.45, 7) is 5.00. The molecule has 1 radical (unpaired) electrons. The molecule has 0 saturated heterocycles. The molecule has 0 saturated carbocycles. The van der Waals surface area contributed by atoms with E-state index in [0.29, 0.717) is 0 Å². The fourth-order valence-corrected chi connectivity index (χ4v) is 0. The third-order valence-corrected chi connectivity index (χ3v) is 0. The maximum absolute atomic E-state index is 8.44. The molecule has 2 heteroatoms. The molecule has 0 bridgehead atoms. The third-order valence-electron chi connectivity index (χ3n) is 0. The zero-order chi connectivity index (χ0) is 4.00. The van der Waals surface area contributed by atoms with E-state index in [2.05, 4.69) is 6.92 Å². The van der Waals surface area contributed by atoms with Crippen molar-refractivity contribution in [1.82, 2.24) is 0 Å². The molecule has 4 heavy (non-hydrogen) atoms. The Hall–Kier alpha value is 0.735. The molecular weight excluding hydrogens is 241 g/mol. The fourth-order valence-electron chi connectivity index (χ4n) is 0. The Morgan fingerprint density at radius 3 is 1.50 bits per heavy atom. The fraction of sp³-hybridized carbons (Fsp3) is 0.500. The zero-order valence-corrected chi connectivity index (χ0v) is 8.32. The monoisotopic (exact) mass is 247 g/mol. The van der Waals surface area contributed by atoms with Crippen LogP contribution < -0.4 is 0 Å². The molecule has 0 aromatic rings. The van der Waals surface area contributed by atoms with E-state index < -0.39 is 0 Å². The summed E-state index contributed by atoms with van der Waals surface area (Å²) in [6.07, 6.45) is 0. The van der Waals surface area contributed by atoms with Gasteiger partial charge in [-0.1, -0.05) is 13.8 Å². The Bertz CT molecular complexity index is 6.00. The summed E-state index contributed by atoms with van der Waals surface area (Å²) in [7, 11) is 0. The van der Waals surface area contributed by atoms with Crippen LogP contribution in [-0.4, -0.2) is 0 Å². The Balaban J connectivity index is 0. The van der Waals surface area contributed by atoms with Gasteiger partial charge in [0.1, 0.15) is 0 Å². The van der Waals surface area contributed by atoms with Gasteiger partial charge < -0.3 is 0 Å². The normalized spacial score (nSPS) is 3.00. The molecule has 0 rings (SSSR count). The van der Waals surface area contributed by atoms with Crippen LogP contribution in [0, 0.1) is 6.92 Å². The van der Waals surface area contributed by atoms with Crippen LogP contribution in [0.1, 0.15) is 6.92 Å². The summed E-state index contributed by atoms with van der Waals surface area (Å²) >= 11 is -0.222. The van der Waals surface area contributed by atoms with E-state index in [0.717, 1.165) is 0 Å². The molecule has 0 amide bonds. The topological polar surface area (TPSA) is 17.1 Å². The summed E-state index contributed by atoms with van der Waals surface area (Å²) in [5.74, 6) is 0. The van der Waals surface area contributed by atoms with E-state index in [-0.39, 0.29) is 26.1 Å². The molecule has 0 aromatic carbocycles. The van der Waals surface area contributed by atoms with Crippen molar-refractivity contribution in [3.63, 3.8) is 0 Å². The molecule has 0 fully saturated rings. The minimum absolute atomic E-state index is 0.222. The van der Waals surface area contributed by atoms with Gasteiger partial charge in [-0.25, -0.2) is 0 Å². The molecule has 0 atom stereocenters. The Morgan fingerprint density at radius 2 is 1.50 bits per heavy atom. The van der Waals surface area contributed by atoms with Crippen LogP contribution in [-0.2, 0) is 28.8 Å². The van der Waals surface area contributed by atoms with Crippen molar-refractivity contribution in [2.45, 2.75) is 6.92 Å². The van der Waals surface area contributed by atoms with Gasteiger partial charge in [0.25, 0.3) is 0 Å². The van der Waals surface area contributed by atoms with Crippen molar-refractivity contribution in [3.8, 4) is 0 Å². The number of hydrogen-bond acceptors (Lipinski definition) is 1. The summed E-state index contributed by atoms with van der Waals surface area (Å²) in [4.78, 5) is 0. The van der Waals surface area contributed by atoms with Crippen molar-refractivity contribution in [1.29, 1.82) is 0 Å². The number of rotatable bonds is 0. The van der Waals surface area contributed by atoms with E-state index in [9.17, 15) is 0 Å². The van der Waals surface area contributed by atoms with Gasteiger partial charge in [-0.05, 0) is 0 Å². The average Bonchev–Trinajstić information content (AvgIpc) is 1.50. The van der Waals surface area contributed by atoms with Crippen LogP contribution in [0.4, 0.5) is 0 Å². The van der Waals surface area contributed by atoms with Crippen LogP contribution in [0.5, 0.6) is 0 Å². The van der Waals surface area contributed by atoms with Gasteiger partial charge >= 0.3 is 28.8 Å². The molecule has 0 aliphatic carbocycles. The van der Waals surface area contributed by atoms with E-state index in [1.807, 2.05) is 0 Å². The molecule has 0 unspecified atom stereocenters. The number of hydrogen-bond donors (Lipinski definition) is 0. The molecule has 1 nitrogen and oxygen atoms in total. The van der Waals surface area contributed by atoms with Crippen molar-refractivity contribution in [3.05, 3.63) is 6.92 Å². The van der Waals surface area contributed by atoms with E-state index in [4.69, 9.17) is 2.64 Å². The van der Waals surface area contributed by atoms with Crippen LogP contribution in [0.25, 0.3) is 0 Å². The summed E-state index contributed by atoms with van der Waals surface area (Å²) < 4.78 is 8.44. The van der Waals surface area contributed by atoms with E-state index in [1.165, 1.54) is 0 Å². The van der Waals surface area contributed by atoms with Crippen molar-refractivity contribution in [2.75, 3.05) is 0 Å². The van der Waals surface area contributed by atoms with Crippen LogP contribution in [0.15, 0.2) is 0 Å². The first kappa shape index (κ1) is 8.83. The van der Waals surface area contributed by atoms with E-state index in [1.54, 1.807) is 6.92 Å². The molecule has 0 spiro atoms. The van der Waals surface area contributed by atoms with Gasteiger partial charge in [0.05, 0.1) is 0 Å². The SMILES string of the molecule is [CH2]C.[O]=[Hg]. The molecule has 0 heterocycles. The Morgan fingerprint density at radius 1 is 1.50 bits per heavy atom. The average molecular weight is 246 g/mol. The molecule has 0 aliphatic rings. The third kappa shape index (κ3) is 15.2. The first-order valence-corrected chi connectivity index (χ1v) is 3.24. The van der Waals surface area contributed by atoms with E-state index >= 15 is 0 Å². The predicted molar refractivity (Wildman–Crippen MR) is 11.7 cm³/mol. The Labute approximate surface area is 42.9 Å². The summed E-state index contributed by atoms with van der Waals surface area (Å²) in [6, 6.07) is 0. The van der Waals surface area contributed by atoms with Gasteiger partial charge in [-0.2, -0.15) is 0 Å². The van der Waals surface area contributed by atoms with Crippen LogP contribution >= 0.6 is 0 Å². The van der Waals surface area contributed by atoms with Gasteiger partial charge in [-0.15, -0.1) is 0 Å². The molecular formula is C2H5HgO. The molecule has 0 N–H and O–H groups in total. The molecule has 0 aromatic heterocycles. The zero-order valence-electron chi connectivity index (χ0n) is 2.82. The van der Waals surface area contributed by atoms with Gasteiger partial charge in [0.2, 0.25) is 0 Å². The molecule has 0 aliphatic heterocycles. The Kier molecular flexibility index (Phi) is 114. The van der Waals surface area contributed by atoms with Crippen LogP contribution in [0.3, 0.4) is 0 Å². The first-order valence-electron chi connectivity index (χ1n) is 0.996. The minimum atomic E-state index is -0.222. The van der Waals surface area contributed by atoms with Crippen molar-refractivity contribution < 1.29 is 28.8 Å². The van der Waals surface area contributed by atoms with Crippen molar-refractivity contribution >= 4 is 0 Å². The van der Waals surface area contributed by atoms with Crippen LogP contribution in [0.2, 0.25) is 0 Å².